The van der Waals surface area contributed by atoms with Crippen LogP contribution in [0.1, 0.15) is 209 Å². The number of nitrogens with one attached hydrogen (secondary N) is 4. The molecule has 3 unspecified atom stereocenters. The maximum absolute atomic E-state index is 14.7. The average Bonchev–Trinajstić information content (AvgIpc) is 1.63. The van der Waals surface area contributed by atoms with Crippen LogP contribution in [-0.2, 0) is 26.2 Å². The van der Waals surface area contributed by atoms with Crippen LogP contribution in [0.2, 0.25) is 5.15 Å². The van der Waals surface area contributed by atoms with Gasteiger partial charge in [0.15, 0.2) is 75.6 Å². The van der Waals surface area contributed by atoms with Crippen LogP contribution < -0.4 is 45.6 Å². The van der Waals surface area contributed by atoms with Gasteiger partial charge in [-0.25, -0.2) is 111 Å². The smallest absolute Gasteiger partial charge is 0.242 e. The van der Waals surface area contributed by atoms with Crippen LogP contribution in [0.3, 0.4) is 0 Å². The second-order valence-corrected chi connectivity index (χ2v) is 40.0. The van der Waals surface area contributed by atoms with Crippen LogP contribution in [0, 0.1) is 131 Å². The molecule has 8 bridgehead atoms. The van der Waals surface area contributed by atoms with E-state index in [9.17, 15) is 52.7 Å². The molecule has 16 heterocycles. The second-order valence-electron chi connectivity index (χ2n) is 39.6. The van der Waals surface area contributed by atoms with Crippen molar-refractivity contribution < 1.29 is 57.4 Å². The summed E-state index contributed by atoms with van der Waals surface area (Å²) in [6.07, 6.45) is 24.4. The molecule has 8 aliphatic heterocycles. The lowest BCUT2D eigenvalue weighted by Crippen LogP contribution is -2.48. The SMILES string of the molecule is COc1cc(N2C[C@H]3CC[C@@H](C2)[C@H]3Nc2nc3n(n2)CCCCC3c2ccc(F)c(F)c2F)ncn1.Cc1cc(N2C[C@H]3CC[C@@H](C2)[C@H]3Nc2nc3n(n2)CCCCC3c2ccc(F)c(F)c2)ncn1.Cc1ncnc(N2C[C@H]3CC[C@@H](C2)[C@H]3Nc2nc3n(n2)CCCCC3c2ccc(F)c(F)c2F)c1F.Fc1ccc([C@H]2CCCCn3nc(N[C@H]4[C@@H]5CC[C@H]4CN(c4cc(Cl)ncn4)C5)nc32)c(F)c1F. The van der Waals surface area contributed by atoms with Gasteiger partial charge < -0.3 is 45.6 Å². The molecule has 42 heteroatoms. The minimum Gasteiger partial charge on any atom is -0.481 e. The molecule has 4 saturated heterocycles. The summed E-state index contributed by atoms with van der Waals surface area (Å²) < 4.78 is 181. The molecule has 0 amide bonds. The zero-order valence-corrected chi connectivity index (χ0v) is 78.9. The molecule has 12 aromatic rings. The molecule has 8 aromatic heterocycles. The number of piperidine rings is 4. The standard InChI is InChI=1S/C25H27F4N7.C25H28F3N7O.C25H29F2N7.C24H25ClF3N7/c1-13-19(27)24(31-12-30-13)35-10-14-5-6-15(11-35)22(14)32-25-33-23-17(4-2-3-9-36(23)34-25)16-7-8-18(26)21(29)20(16)28;1-36-20-10-19(29-13-30-20)34-11-14-5-6-15(12-34)23(14)31-25-32-24-17(4-2-3-9-35(24)33-25)16-7-8-18(26)22(28)21(16)27;1-15-10-22(29-14-28-15)33-12-17-5-6-18(13-33)23(17)30-25-31-24-19(4-2-3-9-34(24)32-25)16-7-8-20(26)21(27)11-16;25-18-9-19(30-12-29-18)34-10-13-4-5-14(11-34)22(13)31-24-32-23-16(3-1-2-8-35(23)33-24)15-6-7-17(26)21(28)20(15)27/h7-8,12,14-15,17,22H,2-6,9-11H2,1H3,(H,32,34);7-8,10,13-15,17,23H,2-6,9,11-12H2,1H3,(H,31,33);7-8,10-11,14,17-19,23H,2-6,9,12-13H2,1H3,(H,30,32);6-7,9,12-14,16,22H,1-5,8,10-11H2,(H,31,33)/t14-,15+,17?,22+;14-,15+,17?,23+;17-,18+,19?,23+;13-,14+,16-,22+/m...1/s1. The van der Waals surface area contributed by atoms with Gasteiger partial charge in [0.1, 0.15) is 71.2 Å². The van der Waals surface area contributed by atoms with Gasteiger partial charge in [-0.2, -0.15) is 19.9 Å². The Kier molecular flexibility index (Phi) is 27.1. The Morgan fingerprint density at radius 3 is 1.01 bits per heavy atom. The highest BCUT2D eigenvalue weighted by Gasteiger charge is 2.49. The zero-order valence-electron chi connectivity index (χ0n) is 78.2. The summed E-state index contributed by atoms with van der Waals surface area (Å²) in [5, 5.41) is 33.6. The predicted octanol–water partition coefficient (Wildman–Crippen LogP) is 17.8. The van der Waals surface area contributed by atoms with Crippen molar-refractivity contribution in [3.63, 3.8) is 0 Å². The fourth-order valence-electron chi connectivity index (χ4n) is 24.2. The van der Waals surface area contributed by atoms with E-state index >= 15 is 0 Å². The number of benzene rings is 4. The monoisotopic (exact) mass is 1970 g/mol. The van der Waals surface area contributed by atoms with Crippen molar-refractivity contribution >= 4 is 58.7 Å². The van der Waals surface area contributed by atoms with Crippen LogP contribution in [-0.4, -0.2) is 183 Å². The van der Waals surface area contributed by atoms with Crippen LogP contribution in [0.15, 0.2) is 98.1 Å². The molecule has 12 aliphatic rings. The van der Waals surface area contributed by atoms with E-state index in [-0.39, 0.29) is 58.4 Å². The molecule has 0 spiro atoms. The molecule has 24 rings (SSSR count). The van der Waals surface area contributed by atoms with Crippen molar-refractivity contribution in [2.24, 2.45) is 47.3 Å². The van der Waals surface area contributed by atoms with E-state index in [1.165, 1.54) is 62.2 Å². The van der Waals surface area contributed by atoms with Crippen LogP contribution in [0.5, 0.6) is 5.88 Å². The highest BCUT2D eigenvalue weighted by Crippen LogP contribution is 2.48. The third-order valence-corrected chi connectivity index (χ3v) is 31.4. The van der Waals surface area contributed by atoms with E-state index < -0.39 is 81.7 Å². The van der Waals surface area contributed by atoms with Gasteiger partial charge in [-0.15, -0.1) is 20.4 Å². The zero-order chi connectivity index (χ0) is 97.1. The number of hydrogen-bond donors (Lipinski definition) is 4. The van der Waals surface area contributed by atoms with Crippen LogP contribution in [0.4, 0.5) is 99.7 Å². The predicted molar refractivity (Wildman–Crippen MR) is 501 cm³/mol. The van der Waals surface area contributed by atoms with E-state index in [1.54, 1.807) is 46.5 Å². The third kappa shape index (κ3) is 19.4. The van der Waals surface area contributed by atoms with Crippen molar-refractivity contribution in [3.8, 4) is 5.88 Å². The molecular weight excluding hydrogens is 1860 g/mol. The Morgan fingerprint density at radius 2 is 0.645 bits per heavy atom. The molecule has 742 valence electrons. The number of methoxy groups -OCH3 is 1. The van der Waals surface area contributed by atoms with Crippen LogP contribution >= 0.6 is 11.6 Å². The molecule has 4 aromatic carbocycles. The van der Waals surface area contributed by atoms with Gasteiger partial charge in [-0.1, -0.05) is 61.5 Å². The maximum atomic E-state index is 14.7. The van der Waals surface area contributed by atoms with Gasteiger partial charge in [0, 0.05) is 167 Å². The number of halogens is 13. The number of aromatic nitrogens is 20. The van der Waals surface area contributed by atoms with E-state index in [0.717, 1.165) is 195 Å². The topological polar surface area (TPSA) is 296 Å². The summed E-state index contributed by atoms with van der Waals surface area (Å²) >= 11 is 6.06. The first-order valence-electron chi connectivity index (χ1n) is 49.2. The molecule has 4 saturated carbocycles. The van der Waals surface area contributed by atoms with Gasteiger partial charge in [0.2, 0.25) is 29.7 Å². The van der Waals surface area contributed by atoms with E-state index in [1.807, 2.05) is 22.6 Å². The maximum Gasteiger partial charge on any atom is 0.242 e. The number of rotatable bonds is 17. The summed E-state index contributed by atoms with van der Waals surface area (Å²) in [6, 6.07) is 17.7. The van der Waals surface area contributed by atoms with Gasteiger partial charge in [0.05, 0.1) is 12.8 Å². The number of nitrogens with zero attached hydrogens (tertiary/aromatic N) is 24. The Bertz CT molecular complexity index is 6490. The first kappa shape index (κ1) is 94.6. The molecule has 0 radical (unpaired) electrons. The quantitative estimate of drug-likeness (QED) is 0.0374. The van der Waals surface area contributed by atoms with E-state index in [0.29, 0.717) is 157 Å². The number of aryl methyl sites for hydroxylation is 6. The Morgan fingerprint density at radius 1 is 0.312 bits per heavy atom. The molecule has 16 atom stereocenters. The fraction of sp³-hybridized carbons (Fsp3) is 0.515. The largest absolute Gasteiger partial charge is 0.481 e. The van der Waals surface area contributed by atoms with Crippen molar-refractivity contribution in [1.29, 1.82) is 0 Å². The van der Waals surface area contributed by atoms with Crippen molar-refractivity contribution in [3.05, 3.63) is 230 Å². The summed E-state index contributed by atoms with van der Waals surface area (Å²) in [4.78, 5) is 61.8. The lowest BCUT2D eigenvalue weighted by Gasteiger charge is -2.38. The minimum atomic E-state index is -1.46. The molecule has 29 nitrogen and oxygen atoms in total. The van der Waals surface area contributed by atoms with E-state index in [2.05, 4.69) is 92.1 Å². The Labute approximate surface area is 810 Å². The Hall–Kier alpha value is -12.6. The lowest BCUT2D eigenvalue weighted by molar-refractivity contribution is 0.371. The lowest BCUT2D eigenvalue weighted by atomic mass is 9.92. The Balaban J connectivity index is 0.000000111. The highest BCUT2D eigenvalue weighted by atomic mass is 35.5. The molecule has 4 aliphatic carbocycles. The summed E-state index contributed by atoms with van der Waals surface area (Å²) in [5.74, 6) is -3.48. The fourth-order valence-corrected chi connectivity index (χ4v) is 24.4. The van der Waals surface area contributed by atoms with Crippen LogP contribution in [0.25, 0.3) is 0 Å². The highest BCUT2D eigenvalue weighted by molar-refractivity contribution is 6.29. The second kappa shape index (κ2) is 40.4. The first-order valence-corrected chi connectivity index (χ1v) is 49.6. The van der Waals surface area contributed by atoms with Gasteiger partial charge in [-0.05, 0) is 200 Å². The van der Waals surface area contributed by atoms with Gasteiger partial charge >= 0.3 is 0 Å². The van der Waals surface area contributed by atoms with Crippen molar-refractivity contribution in [2.75, 3.05) is 100 Å². The summed E-state index contributed by atoms with van der Waals surface area (Å²) in [6.45, 7) is 13.0. The third-order valence-electron chi connectivity index (χ3n) is 31.1. The number of anilines is 8. The normalized spacial score (nSPS) is 25.8. The summed E-state index contributed by atoms with van der Waals surface area (Å²) in [7, 11) is 1.59. The average molecular weight is 1970 g/mol. The summed E-state index contributed by atoms with van der Waals surface area (Å²) in [5.41, 5.74) is 2.44. The van der Waals surface area contributed by atoms with E-state index in [4.69, 9.17) is 46.5 Å². The molecule has 141 heavy (non-hydrogen) atoms. The van der Waals surface area contributed by atoms with Gasteiger partial charge in [0.25, 0.3) is 0 Å². The van der Waals surface area contributed by atoms with Crippen molar-refractivity contribution in [2.45, 2.75) is 216 Å². The first-order chi connectivity index (χ1) is 68.4. The number of hydrogen-bond acceptors (Lipinski definition) is 25. The molecule has 8 fully saturated rings. The number of ether oxygens (including phenoxy) is 1. The number of fused-ring (bicyclic) bond motifs is 12. The minimum absolute atomic E-state index is 0.0831. The van der Waals surface area contributed by atoms with Gasteiger partial charge in [-0.3, -0.25) is 0 Å². The van der Waals surface area contributed by atoms with Crippen molar-refractivity contribution in [1.82, 2.24) is 98.9 Å². The molecule has 4 N–H and O–H groups in total. The molecular formula is C99H109ClF12N28O.